The normalized spacial score (nSPS) is 14.9. The molecule has 0 spiro atoms. The Morgan fingerprint density at radius 2 is 1.82 bits per heavy atom. The average Bonchev–Trinajstić information content (AvgIpc) is 2.83. The van der Waals surface area contributed by atoms with Crippen LogP contribution in [0.4, 0.5) is 0 Å². The zero-order valence-electron chi connectivity index (χ0n) is 19.8. The fourth-order valence-electron chi connectivity index (χ4n) is 3.71. The lowest BCUT2D eigenvalue weighted by Crippen LogP contribution is -2.48. The Morgan fingerprint density at radius 1 is 1.06 bits per heavy atom. The number of pyridine rings is 1. The van der Waals surface area contributed by atoms with Gasteiger partial charge in [-0.05, 0) is 50.4 Å². The van der Waals surface area contributed by atoms with Gasteiger partial charge in [0.05, 0.1) is 6.54 Å². The Morgan fingerprint density at radius 3 is 2.48 bits per heavy atom. The molecular weight excluding hydrogens is 529 g/mol. The molecule has 0 saturated carbocycles. The minimum atomic E-state index is 0. The Bertz CT molecular complexity index is 796. The fourth-order valence-corrected chi connectivity index (χ4v) is 3.71. The van der Waals surface area contributed by atoms with Gasteiger partial charge in [-0.25, -0.2) is 9.98 Å². The number of para-hydroxylation sites is 1. The average molecular weight is 568 g/mol. The van der Waals surface area contributed by atoms with Gasteiger partial charge in [0.2, 0.25) is 5.88 Å². The maximum atomic E-state index is 5.67. The lowest BCUT2D eigenvalue weighted by atomic mass is 10.1. The maximum Gasteiger partial charge on any atom is 0.213 e. The van der Waals surface area contributed by atoms with E-state index in [2.05, 4.69) is 34.4 Å². The van der Waals surface area contributed by atoms with Crippen molar-refractivity contribution in [3.05, 3.63) is 54.2 Å². The third-order valence-electron chi connectivity index (χ3n) is 5.38. The van der Waals surface area contributed by atoms with Crippen molar-refractivity contribution in [2.75, 3.05) is 39.4 Å². The van der Waals surface area contributed by atoms with E-state index in [1.54, 1.807) is 0 Å². The zero-order chi connectivity index (χ0) is 22.4. The Labute approximate surface area is 215 Å². The van der Waals surface area contributed by atoms with Gasteiger partial charge < -0.3 is 25.0 Å². The number of rotatable bonds is 11. The van der Waals surface area contributed by atoms with Crippen LogP contribution in [0, 0.1) is 0 Å². The number of hydrogen-bond donors (Lipinski definition) is 2. The Hall–Kier alpha value is -2.07. The number of benzene rings is 1. The van der Waals surface area contributed by atoms with Gasteiger partial charge in [-0.3, -0.25) is 0 Å². The van der Waals surface area contributed by atoms with E-state index in [0.29, 0.717) is 31.7 Å². The van der Waals surface area contributed by atoms with Crippen LogP contribution in [0.3, 0.4) is 0 Å². The highest BCUT2D eigenvalue weighted by Gasteiger charge is 2.19. The second-order valence-electron chi connectivity index (χ2n) is 7.97. The van der Waals surface area contributed by atoms with Crippen LogP contribution < -0.4 is 20.1 Å². The predicted octanol–water partition coefficient (Wildman–Crippen LogP) is 4.09. The van der Waals surface area contributed by atoms with Crippen LogP contribution >= 0.6 is 24.0 Å². The summed E-state index contributed by atoms with van der Waals surface area (Å²) in [7, 11) is 0. The monoisotopic (exact) mass is 567 g/mol. The van der Waals surface area contributed by atoms with E-state index in [9.17, 15) is 0 Å². The summed E-state index contributed by atoms with van der Waals surface area (Å²) in [5.41, 5.74) is 1.05. The van der Waals surface area contributed by atoms with E-state index in [0.717, 1.165) is 49.7 Å². The minimum Gasteiger partial charge on any atom is -0.490 e. The van der Waals surface area contributed by atoms with E-state index in [1.165, 1.54) is 13.0 Å². The highest BCUT2D eigenvalue weighted by molar-refractivity contribution is 14.0. The van der Waals surface area contributed by atoms with Gasteiger partial charge >= 0.3 is 0 Å². The number of aromatic nitrogens is 1. The van der Waals surface area contributed by atoms with Gasteiger partial charge in [0, 0.05) is 37.9 Å². The van der Waals surface area contributed by atoms with Crippen molar-refractivity contribution < 1.29 is 9.47 Å². The molecule has 0 aliphatic carbocycles. The molecule has 1 aliphatic rings. The van der Waals surface area contributed by atoms with Crippen molar-refractivity contribution in [3.63, 3.8) is 0 Å². The first-order valence-electron chi connectivity index (χ1n) is 11.8. The number of nitrogens with zero attached hydrogens (tertiary/aromatic N) is 3. The molecule has 33 heavy (non-hydrogen) atoms. The topological polar surface area (TPSA) is 71.0 Å². The molecule has 0 amide bonds. The summed E-state index contributed by atoms with van der Waals surface area (Å²) < 4.78 is 11.3. The second-order valence-corrected chi connectivity index (χ2v) is 7.97. The van der Waals surface area contributed by atoms with Crippen LogP contribution in [-0.4, -0.2) is 61.3 Å². The van der Waals surface area contributed by atoms with Crippen molar-refractivity contribution in [1.29, 1.82) is 0 Å². The van der Waals surface area contributed by atoms with Crippen molar-refractivity contribution in [2.24, 2.45) is 4.99 Å². The van der Waals surface area contributed by atoms with Crippen LogP contribution in [0.5, 0.6) is 11.6 Å². The van der Waals surface area contributed by atoms with Crippen molar-refractivity contribution in [1.82, 2.24) is 20.5 Å². The van der Waals surface area contributed by atoms with E-state index in [-0.39, 0.29) is 24.0 Å². The smallest absolute Gasteiger partial charge is 0.213 e. The SMILES string of the molecule is CCCN1CCC(NC(=NCc2ccc(OCCOc3ccccc3)nc2)NCC)CC1.I. The molecule has 0 bridgehead atoms. The van der Waals surface area contributed by atoms with Gasteiger partial charge in [0.15, 0.2) is 5.96 Å². The summed E-state index contributed by atoms with van der Waals surface area (Å²) >= 11 is 0. The zero-order valence-corrected chi connectivity index (χ0v) is 22.2. The second kappa shape index (κ2) is 15.7. The van der Waals surface area contributed by atoms with E-state index >= 15 is 0 Å². The molecule has 1 aromatic carbocycles. The van der Waals surface area contributed by atoms with Crippen molar-refractivity contribution in [3.8, 4) is 11.6 Å². The molecule has 0 radical (unpaired) electrons. The van der Waals surface area contributed by atoms with Gasteiger partial charge in [-0.15, -0.1) is 24.0 Å². The summed E-state index contributed by atoms with van der Waals surface area (Å²) in [5.74, 6) is 2.31. The van der Waals surface area contributed by atoms with E-state index < -0.39 is 0 Å². The number of guanidine groups is 1. The Kier molecular flexibility index (Phi) is 12.9. The van der Waals surface area contributed by atoms with Crippen LogP contribution in [0.15, 0.2) is 53.7 Å². The molecule has 2 N–H and O–H groups in total. The van der Waals surface area contributed by atoms with Crippen LogP contribution in [0.2, 0.25) is 0 Å². The van der Waals surface area contributed by atoms with Gasteiger partial charge in [-0.1, -0.05) is 31.2 Å². The molecule has 1 aliphatic heterocycles. The molecule has 0 atom stereocenters. The van der Waals surface area contributed by atoms with Gasteiger partial charge in [0.1, 0.15) is 19.0 Å². The summed E-state index contributed by atoms with van der Waals surface area (Å²) in [5, 5.41) is 6.96. The molecule has 1 fully saturated rings. The number of likely N-dealkylation sites (tertiary alicyclic amines) is 1. The highest BCUT2D eigenvalue weighted by atomic mass is 127. The molecule has 2 heterocycles. The molecular formula is C25H38IN5O2. The third kappa shape index (κ3) is 10.2. The molecule has 0 unspecified atom stereocenters. The van der Waals surface area contributed by atoms with Crippen LogP contribution in [0.1, 0.15) is 38.7 Å². The number of halogens is 1. The van der Waals surface area contributed by atoms with Crippen molar-refractivity contribution >= 4 is 29.9 Å². The summed E-state index contributed by atoms with van der Waals surface area (Å²) in [4.78, 5) is 11.7. The molecule has 182 valence electrons. The number of aliphatic imine (C=N–C) groups is 1. The maximum absolute atomic E-state index is 5.67. The molecule has 2 aromatic rings. The standard InChI is InChI=1S/C25H37N5O2.HI/c1-3-14-30-15-12-22(13-16-30)29-25(26-4-2)28-20-21-10-11-24(27-19-21)32-18-17-31-23-8-6-5-7-9-23;/h5-11,19,22H,3-4,12-18,20H2,1-2H3,(H2,26,28,29);1H. The number of nitrogens with one attached hydrogen (secondary N) is 2. The third-order valence-corrected chi connectivity index (χ3v) is 5.38. The lowest BCUT2D eigenvalue weighted by molar-refractivity contribution is 0.206. The number of ether oxygens (including phenoxy) is 2. The van der Waals surface area contributed by atoms with Crippen LogP contribution in [0.25, 0.3) is 0 Å². The quantitative estimate of drug-likeness (QED) is 0.185. The molecule has 8 heteroatoms. The predicted molar refractivity (Wildman–Crippen MR) is 145 cm³/mol. The fraction of sp³-hybridized carbons (Fsp3) is 0.520. The van der Waals surface area contributed by atoms with Crippen molar-refractivity contribution in [2.45, 2.75) is 45.7 Å². The summed E-state index contributed by atoms with van der Waals surface area (Å²) in [6.07, 6.45) is 5.36. The van der Waals surface area contributed by atoms with E-state index in [4.69, 9.17) is 14.5 Å². The van der Waals surface area contributed by atoms with Gasteiger partial charge in [0.25, 0.3) is 0 Å². The molecule has 7 nitrogen and oxygen atoms in total. The van der Waals surface area contributed by atoms with Crippen LogP contribution in [-0.2, 0) is 6.54 Å². The number of hydrogen-bond acceptors (Lipinski definition) is 5. The minimum absolute atomic E-state index is 0. The summed E-state index contributed by atoms with van der Waals surface area (Å²) in [6, 6.07) is 14.1. The number of piperidine rings is 1. The lowest BCUT2D eigenvalue weighted by Gasteiger charge is -2.32. The van der Waals surface area contributed by atoms with E-state index in [1.807, 2.05) is 48.7 Å². The molecule has 3 rings (SSSR count). The Balaban J connectivity index is 0.00000385. The highest BCUT2D eigenvalue weighted by Crippen LogP contribution is 2.12. The first-order chi connectivity index (χ1) is 15.8. The largest absolute Gasteiger partial charge is 0.490 e. The molecule has 1 saturated heterocycles. The summed E-state index contributed by atoms with van der Waals surface area (Å²) in [6.45, 7) is 10.2. The first kappa shape index (κ1) is 27.2. The first-order valence-corrected chi connectivity index (χ1v) is 11.8. The van der Waals surface area contributed by atoms with Gasteiger partial charge in [-0.2, -0.15) is 0 Å². The molecule has 1 aromatic heterocycles.